The summed E-state index contributed by atoms with van der Waals surface area (Å²) in [5.74, 6) is -1.63. The van der Waals surface area contributed by atoms with Gasteiger partial charge in [-0.25, -0.2) is 12.8 Å². The van der Waals surface area contributed by atoms with Gasteiger partial charge in [-0.1, -0.05) is 72.9 Å². The minimum atomic E-state index is -3.87. The minimum absolute atomic E-state index is 0.119. The number of amides is 2. The Morgan fingerprint density at radius 1 is 0.976 bits per heavy atom. The average Bonchev–Trinajstić information content (AvgIpc) is 3.82. The Morgan fingerprint density at radius 2 is 1.55 bits per heavy atom. The van der Waals surface area contributed by atoms with E-state index in [2.05, 4.69) is 4.72 Å². The molecule has 42 heavy (non-hydrogen) atoms. The van der Waals surface area contributed by atoms with E-state index in [1.807, 2.05) is 6.92 Å². The van der Waals surface area contributed by atoms with Gasteiger partial charge in [0.15, 0.2) is 0 Å². The van der Waals surface area contributed by atoms with Gasteiger partial charge in [-0.05, 0) is 72.4 Å². The smallest absolute Gasteiger partial charge is 0.256 e. The molecule has 0 bridgehead atoms. The zero-order valence-corrected chi connectivity index (χ0v) is 25.2. The molecular weight excluding hydrogens is 602 g/mol. The van der Waals surface area contributed by atoms with Crippen LogP contribution in [0.1, 0.15) is 61.4 Å². The lowest BCUT2D eigenvalue weighted by Gasteiger charge is -2.47. The number of carbonyl (C=O) groups excluding carboxylic acids is 2. The molecule has 1 saturated carbocycles. The molecule has 1 saturated heterocycles. The van der Waals surface area contributed by atoms with Gasteiger partial charge in [0.1, 0.15) is 24.1 Å². The third-order valence-electron chi connectivity index (χ3n) is 7.58. The Kier molecular flexibility index (Phi) is 9.23. The molecule has 7 nitrogen and oxygen atoms in total. The first-order valence-corrected chi connectivity index (χ1v) is 16.2. The number of sulfonamides is 1. The van der Waals surface area contributed by atoms with Crippen molar-refractivity contribution < 1.29 is 27.1 Å². The molecular formula is C31H31Cl2FN2O5S. The molecule has 0 aromatic heterocycles. The maximum absolute atomic E-state index is 14.4. The maximum atomic E-state index is 14.4. The Hall–Kier alpha value is -2.98. The van der Waals surface area contributed by atoms with Gasteiger partial charge in [-0.15, -0.1) is 0 Å². The Bertz CT molecular complexity index is 1530. The number of morpholine rings is 1. The summed E-state index contributed by atoms with van der Waals surface area (Å²) in [5.41, 5.74) is 2.04. The largest absolute Gasteiger partial charge is 0.358 e. The van der Waals surface area contributed by atoms with Gasteiger partial charge in [0, 0.05) is 16.5 Å². The number of hydrogen-bond donors (Lipinski definition) is 1. The predicted octanol–water partition coefficient (Wildman–Crippen LogP) is 6.16. The summed E-state index contributed by atoms with van der Waals surface area (Å²) in [6.45, 7) is 1.87. The van der Waals surface area contributed by atoms with E-state index in [1.165, 1.54) is 17.0 Å². The lowest BCUT2D eigenvalue weighted by Crippen LogP contribution is -2.59. The summed E-state index contributed by atoms with van der Waals surface area (Å²) in [4.78, 5) is 29.6. The molecule has 1 heterocycles. The molecule has 3 aromatic rings. The first-order valence-electron chi connectivity index (χ1n) is 13.9. The van der Waals surface area contributed by atoms with Crippen molar-refractivity contribution in [3.8, 4) is 0 Å². The molecule has 11 heteroatoms. The summed E-state index contributed by atoms with van der Waals surface area (Å²) < 4.78 is 48.0. The van der Waals surface area contributed by atoms with Crippen LogP contribution < -0.4 is 4.72 Å². The van der Waals surface area contributed by atoms with Crippen molar-refractivity contribution in [3.63, 3.8) is 0 Å². The van der Waals surface area contributed by atoms with E-state index in [4.69, 9.17) is 27.9 Å². The fraction of sp³-hybridized carbons (Fsp3) is 0.355. The van der Waals surface area contributed by atoms with Gasteiger partial charge in [0.05, 0.1) is 11.3 Å². The molecule has 1 N–H and O–H groups in total. The van der Waals surface area contributed by atoms with Crippen molar-refractivity contribution >= 4 is 45.0 Å². The van der Waals surface area contributed by atoms with Crippen LogP contribution in [-0.4, -0.2) is 42.5 Å². The quantitative estimate of drug-likeness (QED) is 0.289. The summed E-state index contributed by atoms with van der Waals surface area (Å²) in [6.07, 6.45) is 0.0397. The molecule has 0 radical (unpaired) electrons. The highest BCUT2D eigenvalue weighted by molar-refractivity contribution is 7.90. The van der Waals surface area contributed by atoms with Crippen LogP contribution in [0.4, 0.5) is 4.39 Å². The molecule has 3 aromatic carbocycles. The number of hydrogen-bond acceptors (Lipinski definition) is 5. The highest BCUT2D eigenvalue weighted by Crippen LogP contribution is 2.44. The minimum Gasteiger partial charge on any atom is -0.358 e. The number of nitrogens with one attached hydrogen (secondary N) is 1. The summed E-state index contributed by atoms with van der Waals surface area (Å²) in [7, 11) is -3.87. The highest BCUT2D eigenvalue weighted by atomic mass is 35.5. The molecule has 2 aliphatic rings. The van der Waals surface area contributed by atoms with E-state index in [1.54, 1.807) is 60.7 Å². The molecule has 4 atom stereocenters. The number of nitrogens with zero attached hydrogens (tertiary/aromatic N) is 1. The van der Waals surface area contributed by atoms with Gasteiger partial charge < -0.3 is 9.64 Å². The lowest BCUT2D eigenvalue weighted by atomic mass is 9.88. The summed E-state index contributed by atoms with van der Waals surface area (Å²) >= 11 is 12.4. The van der Waals surface area contributed by atoms with E-state index >= 15 is 0 Å². The van der Waals surface area contributed by atoms with Gasteiger partial charge >= 0.3 is 0 Å². The molecule has 0 spiro atoms. The summed E-state index contributed by atoms with van der Waals surface area (Å²) in [6, 6.07) is 17.8. The van der Waals surface area contributed by atoms with Crippen molar-refractivity contribution in [2.24, 2.45) is 0 Å². The topological polar surface area (TPSA) is 92.8 Å². The SMILES string of the molecule is CCC[C@H](C(=O)NS(=O)(=O)C1CC1)N1C(=O)[C@H](Cc2ccc(F)cc2)O[C@@H](c2ccc(Cl)cc2)[C@H]1c1ccc(Cl)cc1. The fourth-order valence-corrected chi connectivity index (χ4v) is 6.92. The van der Waals surface area contributed by atoms with Crippen LogP contribution in [0.2, 0.25) is 10.0 Å². The Labute approximate surface area is 255 Å². The average molecular weight is 634 g/mol. The molecule has 2 amide bonds. The van der Waals surface area contributed by atoms with E-state index in [-0.39, 0.29) is 12.8 Å². The monoisotopic (exact) mass is 632 g/mol. The van der Waals surface area contributed by atoms with Crippen LogP contribution in [0.15, 0.2) is 72.8 Å². The number of rotatable bonds is 10. The van der Waals surface area contributed by atoms with Crippen molar-refractivity contribution in [3.05, 3.63) is 105 Å². The van der Waals surface area contributed by atoms with Gasteiger partial charge in [-0.2, -0.15) is 0 Å². The van der Waals surface area contributed by atoms with Crippen LogP contribution in [-0.2, 0) is 30.8 Å². The molecule has 1 aliphatic heterocycles. The van der Waals surface area contributed by atoms with Crippen LogP contribution in [0.25, 0.3) is 0 Å². The van der Waals surface area contributed by atoms with E-state index in [0.29, 0.717) is 46.0 Å². The molecule has 1 aliphatic carbocycles. The molecule has 5 rings (SSSR count). The van der Waals surface area contributed by atoms with Crippen LogP contribution in [0, 0.1) is 5.82 Å². The number of carbonyl (C=O) groups is 2. The third-order valence-corrected chi connectivity index (χ3v) is 9.92. The van der Waals surface area contributed by atoms with Crippen molar-refractivity contribution in [1.82, 2.24) is 9.62 Å². The Morgan fingerprint density at radius 3 is 2.10 bits per heavy atom. The van der Waals surface area contributed by atoms with E-state index < -0.39 is 57.2 Å². The third kappa shape index (κ3) is 6.80. The van der Waals surface area contributed by atoms with Crippen molar-refractivity contribution in [1.29, 1.82) is 0 Å². The van der Waals surface area contributed by atoms with Gasteiger partial charge in [0.2, 0.25) is 10.0 Å². The lowest BCUT2D eigenvalue weighted by molar-refractivity contribution is -0.181. The maximum Gasteiger partial charge on any atom is 0.256 e. The van der Waals surface area contributed by atoms with Crippen LogP contribution >= 0.6 is 23.2 Å². The second kappa shape index (κ2) is 12.7. The highest BCUT2D eigenvalue weighted by Gasteiger charge is 2.49. The first-order chi connectivity index (χ1) is 20.1. The predicted molar refractivity (Wildman–Crippen MR) is 159 cm³/mol. The Balaban J connectivity index is 1.62. The first kappa shape index (κ1) is 30.5. The standard InChI is InChI=1S/C31H31Cl2FN2O5S/c1-2-3-26(30(37)35-42(39,40)25-16-17-25)36-28(20-6-10-22(32)11-7-20)29(21-8-12-23(33)13-9-21)41-27(31(36)38)18-19-4-14-24(34)15-5-19/h4-15,25-29H,2-3,16-18H2,1H3,(H,35,37)/t26-,27+,28-,29+/m1/s1. The fourth-order valence-electron chi connectivity index (χ4n) is 5.32. The summed E-state index contributed by atoms with van der Waals surface area (Å²) in [5, 5.41) is 0.398. The normalized spacial score (nSPS) is 21.7. The zero-order valence-electron chi connectivity index (χ0n) is 22.9. The van der Waals surface area contributed by atoms with Crippen molar-refractivity contribution in [2.45, 2.75) is 68.6 Å². The molecule has 0 unspecified atom stereocenters. The second-order valence-electron chi connectivity index (χ2n) is 10.7. The van der Waals surface area contributed by atoms with Crippen LogP contribution in [0.5, 0.6) is 0 Å². The van der Waals surface area contributed by atoms with Crippen LogP contribution in [0.3, 0.4) is 0 Å². The second-order valence-corrected chi connectivity index (χ2v) is 13.5. The van der Waals surface area contributed by atoms with Crippen molar-refractivity contribution in [2.75, 3.05) is 0 Å². The molecule has 2 fully saturated rings. The van der Waals surface area contributed by atoms with E-state index in [9.17, 15) is 22.4 Å². The number of ether oxygens (including phenoxy) is 1. The van der Waals surface area contributed by atoms with Gasteiger partial charge in [-0.3, -0.25) is 14.3 Å². The van der Waals surface area contributed by atoms with E-state index in [0.717, 1.165) is 0 Å². The molecule has 222 valence electrons. The zero-order chi connectivity index (χ0) is 30.0. The number of benzene rings is 3. The van der Waals surface area contributed by atoms with Gasteiger partial charge in [0.25, 0.3) is 11.8 Å². The number of halogens is 3.